The molecule has 3 rings (SSSR count). The van der Waals surface area contributed by atoms with Gasteiger partial charge in [-0.1, -0.05) is 0 Å². The van der Waals surface area contributed by atoms with Crippen LogP contribution >= 0.6 is 24.0 Å². The Morgan fingerprint density at radius 3 is 2.93 bits per heavy atom. The Morgan fingerprint density at radius 2 is 2.26 bits per heavy atom. The van der Waals surface area contributed by atoms with Crippen LogP contribution in [0.2, 0.25) is 0 Å². The van der Waals surface area contributed by atoms with Crippen LogP contribution in [-0.4, -0.2) is 77.2 Å². The van der Waals surface area contributed by atoms with Gasteiger partial charge in [0.05, 0.1) is 30.7 Å². The van der Waals surface area contributed by atoms with Crippen LogP contribution in [0, 0.1) is 10.1 Å². The van der Waals surface area contributed by atoms with Crippen LogP contribution in [0.25, 0.3) is 0 Å². The third-order valence-corrected chi connectivity index (χ3v) is 4.53. The highest BCUT2D eigenvalue weighted by atomic mass is 127. The molecule has 10 nitrogen and oxygen atoms in total. The number of nitrogens with one attached hydrogen (secondary N) is 1. The summed E-state index contributed by atoms with van der Waals surface area (Å²) in [4.78, 5) is 17.1. The van der Waals surface area contributed by atoms with E-state index in [0.717, 1.165) is 45.0 Å². The number of nitro groups is 1. The molecule has 0 bridgehead atoms. The Bertz CT molecular complexity index is 634. The van der Waals surface area contributed by atoms with E-state index in [-0.39, 0.29) is 41.9 Å². The van der Waals surface area contributed by atoms with Crippen molar-refractivity contribution in [3.63, 3.8) is 0 Å². The molecule has 0 aromatic carbocycles. The van der Waals surface area contributed by atoms with Crippen molar-refractivity contribution < 1.29 is 14.4 Å². The second kappa shape index (κ2) is 10.8. The summed E-state index contributed by atoms with van der Waals surface area (Å²) in [7, 11) is 0. The molecule has 3 heterocycles. The molecule has 152 valence electrons. The van der Waals surface area contributed by atoms with E-state index < -0.39 is 4.92 Å². The predicted molar refractivity (Wildman–Crippen MR) is 111 cm³/mol. The van der Waals surface area contributed by atoms with Gasteiger partial charge in [-0.3, -0.25) is 19.8 Å². The molecule has 1 aromatic rings. The zero-order valence-electron chi connectivity index (χ0n) is 15.5. The molecule has 0 radical (unpaired) electrons. The Morgan fingerprint density at radius 1 is 1.44 bits per heavy atom. The van der Waals surface area contributed by atoms with Crippen LogP contribution in [0.4, 0.5) is 5.69 Å². The summed E-state index contributed by atoms with van der Waals surface area (Å²) in [6, 6.07) is 0. The lowest BCUT2D eigenvalue weighted by atomic mass is 10.1. The van der Waals surface area contributed by atoms with E-state index in [1.807, 2.05) is 6.92 Å². The number of halogens is 1. The number of hydrogen-bond acceptors (Lipinski definition) is 6. The third-order valence-electron chi connectivity index (χ3n) is 4.53. The van der Waals surface area contributed by atoms with Gasteiger partial charge in [-0.05, 0) is 19.8 Å². The van der Waals surface area contributed by atoms with E-state index in [2.05, 4.69) is 20.3 Å². The summed E-state index contributed by atoms with van der Waals surface area (Å²) in [6.45, 7) is 6.78. The SMILES string of the molecule is CCNC(=NCCn1cc([N+](=O)[O-])cn1)N1CCOC(C2CCCO2)C1.I. The molecule has 27 heavy (non-hydrogen) atoms. The maximum Gasteiger partial charge on any atom is 0.306 e. The summed E-state index contributed by atoms with van der Waals surface area (Å²) >= 11 is 0. The molecule has 2 fully saturated rings. The maximum atomic E-state index is 10.7. The number of nitrogens with zero attached hydrogens (tertiary/aromatic N) is 5. The molecule has 2 saturated heterocycles. The molecule has 2 aliphatic rings. The van der Waals surface area contributed by atoms with Gasteiger partial charge in [-0.15, -0.1) is 24.0 Å². The van der Waals surface area contributed by atoms with E-state index in [1.165, 1.54) is 12.4 Å². The average Bonchev–Trinajstić information content (AvgIpc) is 3.33. The monoisotopic (exact) mass is 494 g/mol. The zero-order chi connectivity index (χ0) is 18.4. The lowest BCUT2D eigenvalue weighted by Gasteiger charge is -2.37. The summed E-state index contributed by atoms with van der Waals surface area (Å²) in [5.41, 5.74) is -0.00605. The molecule has 1 N–H and O–H groups in total. The van der Waals surface area contributed by atoms with Gasteiger partial charge in [0.15, 0.2) is 5.96 Å². The molecule has 0 aliphatic carbocycles. The summed E-state index contributed by atoms with van der Waals surface area (Å²) in [5.74, 6) is 0.834. The molecule has 11 heteroatoms. The minimum absolute atomic E-state index is 0. The predicted octanol–water partition coefficient (Wildman–Crippen LogP) is 1.25. The van der Waals surface area contributed by atoms with Crippen molar-refractivity contribution in [3.05, 3.63) is 22.5 Å². The van der Waals surface area contributed by atoms with Gasteiger partial charge in [0.2, 0.25) is 0 Å². The van der Waals surface area contributed by atoms with Gasteiger partial charge < -0.3 is 19.7 Å². The van der Waals surface area contributed by atoms with Crippen LogP contribution in [0.1, 0.15) is 19.8 Å². The number of aliphatic imine (C=N–C) groups is 1. The summed E-state index contributed by atoms with van der Waals surface area (Å²) in [5, 5.41) is 18.0. The van der Waals surface area contributed by atoms with Gasteiger partial charge in [0.1, 0.15) is 18.5 Å². The minimum Gasteiger partial charge on any atom is -0.375 e. The molecule has 1 aromatic heterocycles. The fourth-order valence-corrected chi connectivity index (χ4v) is 3.24. The van der Waals surface area contributed by atoms with E-state index in [1.54, 1.807) is 4.68 Å². The zero-order valence-corrected chi connectivity index (χ0v) is 17.8. The van der Waals surface area contributed by atoms with Gasteiger partial charge in [-0.2, -0.15) is 5.10 Å². The van der Waals surface area contributed by atoms with Crippen LogP contribution < -0.4 is 5.32 Å². The molecule has 0 saturated carbocycles. The van der Waals surface area contributed by atoms with Crippen molar-refractivity contribution in [3.8, 4) is 0 Å². The molecule has 0 spiro atoms. The van der Waals surface area contributed by atoms with Gasteiger partial charge in [-0.25, -0.2) is 0 Å². The molecule has 2 aliphatic heterocycles. The number of morpholine rings is 1. The molecule has 2 atom stereocenters. The highest BCUT2D eigenvalue weighted by Gasteiger charge is 2.32. The summed E-state index contributed by atoms with van der Waals surface area (Å²) < 4.78 is 13.2. The third kappa shape index (κ3) is 6.01. The average molecular weight is 494 g/mol. The van der Waals surface area contributed by atoms with Gasteiger partial charge in [0.25, 0.3) is 0 Å². The second-order valence-corrected chi connectivity index (χ2v) is 6.36. The number of ether oxygens (including phenoxy) is 2. The smallest absolute Gasteiger partial charge is 0.306 e. The number of guanidine groups is 1. The van der Waals surface area contributed by atoms with E-state index in [4.69, 9.17) is 9.47 Å². The van der Waals surface area contributed by atoms with Gasteiger partial charge in [0, 0.05) is 26.2 Å². The Kier molecular flexibility index (Phi) is 8.70. The number of aromatic nitrogens is 2. The topological polar surface area (TPSA) is 107 Å². The van der Waals surface area contributed by atoms with Crippen LogP contribution in [-0.2, 0) is 16.0 Å². The maximum absolute atomic E-state index is 10.7. The van der Waals surface area contributed by atoms with Crippen molar-refractivity contribution in [1.82, 2.24) is 20.0 Å². The molecular weight excluding hydrogens is 467 g/mol. The lowest BCUT2D eigenvalue weighted by molar-refractivity contribution is -0.385. The first kappa shape index (κ1) is 21.8. The summed E-state index contributed by atoms with van der Waals surface area (Å²) in [6.07, 6.45) is 5.06. The highest BCUT2D eigenvalue weighted by molar-refractivity contribution is 14.0. The first-order valence-electron chi connectivity index (χ1n) is 9.10. The Labute approximate surface area is 175 Å². The van der Waals surface area contributed by atoms with E-state index in [0.29, 0.717) is 19.7 Å². The number of hydrogen-bond donors (Lipinski definition) is 1. The van der Waals surface area contributed by atoms with Crippen LogP contribution in [0.5, 0.6) is 0 Å². The van der Waals surface area contributed by atoms with Crippen molar-refractivity contribution in [2.45, 2.75) is 38.5 Å². The van der Waals surface area contributed by atoms with Crippen molar-refractivity contribution in [2.24, 2.45) is 4.99 Å². The highest BCUT2D eigenvalue weighted by Crippen LogP contribution is 2.21. The first-order valence-corrected chi connectivity index (χ1v) is 9.10. The lowest BCUT2D eigenvalue weighted by Crippen LogP contribution is -2.53. The Hall–Kier alpha value is -1.47. The largest absolute Gasteiger partial charge is 0.375 e. The van der Waals surface area contributed by atoms with Gasteiger partial charge >= 0.3 is 5.69 Å². The normalized spacial score (nSPS) is 23.1. The van der Waals surface area contributed by atoms with Crippen molar-refractivity contribution in [2.75, 3.05) is 39.4 Å². The van der Waals surface area contributed by atoms with Crippen LogP contribution in [0.3, 0.4) is 0 Å². The fraction of sp³-hybridized carbons (Fsp3) is 0.750. The molecular formula is C16H27IN6O4. The second-order valence-electron chi connectivity index (χ2n) is 6.36. The standard InChI is InChI=1S/C16H26N6O4.HI/c1-2-17-16(18-5-6-21-11-13(10-19-21)22(23)24)20-7-9-26-15(12-20)14-4-3-8-25-14;/h10-11,14-15H,2-9,12H2,1H3,(H,17,18);1H. The van der Waals surface area contributed by atoms with E-state index >= 15 is 0 Å². The van der Waals surface area contributed by atoms with E-state index in [9.17, 15) is 10.1 Å². The van der Waals surface area contributed by atoms with Crippen molar-refractivity contribution in [1.29, 1.82) is 0 Å². The first-order chi connectivity index (χ1) is 12.7. The fourth-order valence-electron chi connectivity index (χ4n) is 3.24. The van der Waals surface area contributed by atoms with Crippen molar-refractivity contribution >= 4 is 35.6 Å². The molecule has 0 amide bonds. The molecule has 2 unspecified atom stereocenters. The minimum atomic E-state index is -0.449. The Balaban J connectivity index is 0.00000261. The quantitative estimate of drug-likeness (QED) is 0.209. The number of rotatable bonds is 6. The van der Waals surface area contributed by atoms with Crippen LogP contribution in [0.15, 0.2) is 17.4 Å².